The molecule has 0 radical (unpaired) electrons. The van der Waals surface area contributed by atoms with Crippen LogP contribution < -0.4 is 10.6 Å². The van der Waals surface area contributed by atoms with Crippen molar-refractivity contribution in [2.75, 3.05) is 25.1 Å². The molecule has 16 heavy (non-hydrogen) atoms. The van der Waals surface area contributed by atoms with Crippen molar-refractivity contribution in [1.29, 1.82) is 0 Å². The lowest BCUT2D eigenvalue weighted by Crippen LogP contribution is -2.48. The first kappa shape index (κ1) is 11.1. The summed E-state index contributed by atoms with van der Waals surface area (Å²) in [7, 11) is 0. The third kappa shape index (κ3) is 2.59. The highest BCUT2D eigenvalue weighted by molar-refractivity contribution is 5.94. The Bertz CT molecular complexity index is 357. The Morgan fingerprint density at radius 2 is 2.69 bits per heavy atom. The standard InChI is InChI=1S/C10H16N4O2/c1-2-14-6-8(5-12-14)13-10(15)9-7-16-4-3-11-9/h5-6,9,11H,2-4,7H2,1H3,(H,13,15). The van der Waals surface area contributed by atoms with Gasteiger partial charge >= 0.3 is 0 Å². The van der Waals surface area contributed by atoms with Gasteiger partial charge in [-0.3, -0.25) is 9.48 Å². The molecule has 1 fully saturated rings. The van der Waals surface area contributed by atoms with Crippen molar-refractivity contribution in [1.82, 2.24) is 15.1 Å². The molecule has 1 amide bonds. The maximum absolute atomic E-state index is 11.8. The largest absolute Gasteiger partial charge is 0.378 e. The van der Waals surface area contributed by atoms with Gasteiger partial charge in [-0.15, -0.1) is 0 Å². The summed E-state index contributed by atoms with van der Waals surface area (Å²) < 4.78 is 6.99. The summed E-state index contributed by atoms with van der Waals surface area (Å²) in [4.78, 5) is 11.8. The number of carbonyl (C=O) groups is 1. The molecular formula is C10H16N4O2. The first-order valence-corrected chi connectivity index (χ1v) is 5.44. The zero-order chi connectivity index (χ0) is 11.4. The van der Waals surface area contributed by atoms with E-state index >= 15 is 0 Å². The number of carbonyl (C=O) groups excluding carboxylic acids is 1. The molecule has 1 aliphatic heterocycles. The van der Waals surface area contributed by atoms with Gasteiger partial charge in [0.15, 0.2) is 0 Å². The van der Waals surface area contributed by atoms with E-state index in [1.807, 2.05) is 13.1 Å². The number of hydrogen-bond donors (Lipinski definition) is 2. The number of amides is 1. The van der Waals surface area contributed by atoms with Crippen molar-refractivity contribution in [3.8, 4) is 0 Å². The molecule has 2 rings (SSSR count). The van der Waals surface area contributed by atoms with E-state index in [4.69, 9.17) is 4.74 Å². The minimum Gasteiger partial charge on any atom is -0.378 e. The van der Waals surface area contributed by atoms with Crippen molar-refractivity contribution in [2.45, 2.75) is 19.5 Å². The Morgan fingerprint density at radius 3 is 3.31 bits per heavy atom. The van der Waals surface area contributed by atoms with Crippen molar-refractivity contribution in [3.05, 3.63) is 12.4 Å². The molecule has 1 unspecified atom stereocenters. The monoisotopic (exact) mass is 224 g/mol. The molecule has 1 aromatic rings. The molecule has 0 bridgehead atoms. The van der Waals surface area contributed by atoms with E-state index in [2.05, 4.69) is 15.7 Å². The molecule has 0 aliphatic carbocycles. The first-order valence-electron chi connectivity index (χ1n) is 5.44. The van der Waals surface area contributed by atoms with E-state index in [0.717, 1.165) is 12.2 Å². The lowest BCUT2D eigenvalue weighted by atomic mass is 10.2. The Kier molecular flexibility index (Phi) is 3.53. The summed E-state index contributed by atoms with van der Waals surface area (Å²) in [5, 5.41) is 9.98. The molecule has 1 aromatic heterocycles. The number of nitrogens with zero attached hydrogens (tertiary/aromatic N) is 2. The van der Waals surface area contributed by atoms with Crippen LogP contribution in [0.25, 0.3) is 0 Å². The molecule has 6 nitrogen and oxygen atoms in total. The fourth-order valence-electron chi connectivity index (χ4n) is 1.56. The molecule has 88 valence electrons. The predicted molar refractivity (Wildman–Crippen MR) is 59.1 cm³/mol. The molecule has 6 heteroatoms. The Morgan fingerprint density at radius 1 is 1.81 bits per heavy atom. The smallest absolute Gasteiger partial charge is 0.243 e. The second-order valence-electron chi connectivity index (χ2n) is 3.66. The molecular weight excluding hydrogens is 208 g/mol. The number of morpholine rings is 1. The Balaban J connectivity index is 1.90. The van der Waals surface area contributed by atoms with Gasteiger partial charge in [0.2, 0.25) is 5.91 Å². The highest BCUT2D eigenvalue weighted by Crippen LogP contribution is 2.06. The number of ether oxygens (including phenoxy) is 1. The van der Waals surface area contributed by atoms with Crippen LogP contribution in [-0.2, 0) is 16.1 Å². The second-order valence-corrected chi connectivity index (χ2v) is 3.66. The molecule has 0 aromatic carbocycles. The van der Waals surface area contributed by atoms with Gasteiger partial charge in [-0.2, -0.15) is 5.10 Å². The molecule has 0 saturated carbocycles. The molecule has 2 heterocycles. The van der Waals surface area contributed by atoms with E-state index in [1.54, 1.807) is 10.9 Å². The zero-order valence-corrected chi connectivity index (χ0v) is 9.27. The number of aromatic nitrogens is 2. The van der Waals surface area contributed by atoms with Crippen LogP contribution in [0.3, 0.4) is 0 Å². The van der Waals surface area contributed by atoms with E-state index in [1.165, 1.54) is 0 Å². The number of anilines is 1. The predicted octanol–water partition coefficient (Wildman–Crippen LogP) is -0.170. The summed E-state index contributed by atoms with van der Waals surface area (Å²) >= 11 is 0. The van der Waals surface area contributed by atoms with Crippen molar-refractivity contribution in [3.63, 3.8) is 0 Å². The molecule has 1 aliphatic rings. The summed E-state index contributed by atoms with van der Waals surface area (Å²) in [5.41, 5.74) is 0.722. The van der Waals surface area contributed by atoms with Gasteiger partial charge in [0.1, 0.15) is 6.04 Å². The third-order valence-corrected chi connectivity index (χ3v) is 2.46. The van der Waals surface area contributed by atoms with Gasteiger partial charge < -0.3 is 15.4 Å². The van der Waals surface area contributed by atoms with Gasteiger partial charge in [0.25, 0.3) is 0 Å². The molecule has 1 saturated heterocycles. The van der Waals surface area contributed by atoms with Gasteiger partial charge in [0.05, 0.1) is 25.1 Å². The van der Waals surface area contributed by atoms with Crippen LogP contribution in [-0.4, -0.2) is 41.5 Å². The van der Waals surface area contributed by atoms with E-state index in [0.29, 0.717) is 19.8 Å². The van der Waals surface area contributed by atoms with Crippen LogP contribution >= 0.6 is 0 Å². The second kappa shape index (κ2) is 5.09. The van der Waals surface area contributed by atoms with Crippen LogP contribution in [0.5, 0.6) is 0 Å². The Hall–Kier alpha value is -1.40. The number of aryl methyl sites for hydroxylation is 1. The maximum atomic E-state index is 11.8. The fourth-order valence-corrected chi connectivity index (χ4v) is 1.56. The van der Waals surface area contributed by atoms with Gasteiger partial charge in [-0.1, -0.05) is 0 Å². The van der Waals surface area contributed by atoms with Crippen LogP contribution in [0, 0.1) is 0 Å². The average molecular weight is 224 g/mol. The Labute approximate surface area is 94.0 Å². The highest BCUT2D eigenvalue weighted by Gasteiger charge is 2.21. The van der Waals surface area contributed by atoms with Crippen LogP contribution in [0.2, 0.25) is 0 Å². The summed E-state index contributed by atoms with van der Waals surface area (Å²) in [6, 6.07) is -0.265. The lowest BCUT2D eigenvalue weighted by Gasteiger charge is -2.22. The molecule has 0 spiro atoms. The molecule has 2 N–H and O–H groups in total. The van der Waals surface area contributed by atoms with Gasteiger partial charge in [-0.05, 0) is 6.92 Å². The SMILES string of the molecule is CCn1cc(NC(=O)C2COCCN2)cn1. The number of nitrogens with one attached hydrogen (secondary N) is 2. The summed E-state index contributed by atoms with van der Waals surface area (Å²) in [5.74, 6) is -0.0737. The van der Waals surface area contributed by atoms with Crippen molar-refractivity contribution in [2.24, 2.45) is 0 Å². The van der Waals surface area contributed by atoms with E-state index in [9.17, 15) is 4.79 Å². The average Bonchev–Trinajstić information content (AvgIpc) is 2.78. The van der Waals surface area contributed by atoms with Crippen molar-refractivity contribution < 1.29 is 9.53 Å². The van der Waals surface area contributed by atoms with Crippen LogP contribution in [0.15, 0.2) is 12.4 Å². The van der Waals surface area contributed by atoms with E-state index in [-0.39, 0.29) is 11.9 Å². The minimum atomic E-state index is -0.265. The summed E-state index contributed by atoms with van der Waals surface area (Å²) in [6.45, 7) is 4.59. The minimum absolute atomic E-state index is 0.0737. The normalized spacial score (nSPS) is 20.7. The van der Waals surface area contributed by atoms with Crippen LogP contribution in [0.4, 0.5) is 5.69 Å². The maximum Gasteiger partial charge on any atom is 0.243 e. The molecule has 1 atom stereocenters. The fraction of sp³-hybridized carbons (Fsp3) is 0.600. The first-order chi connectivity index (χ1) is 7.79. The van der Waals surface area contributed by atoms with E-state index < -0.39 is 0 Å². The number of rotatable bonds is 3. The van der Waals surface area contributed by atoms with Gasteiger partial charge in [0, 0.05) is 19.3 Å². The quantitative estimate of drug-likeness (QED) is 0.748. The van der Waals surface area contributed by atoms with Crippen molar-refractivity contribution >= 4 is 11.6 Å². The number of hydrogen-bond acceptors (Lipinski definition) is 4. The van der Waals surface area contributed by atoms with Gasteiger partial charge in [-0.25, -0.2) is 0 Å². The summed E-state index contributed by atoms with van der Waals surface area (Å²) in [6.07, 6.45) is 3.45. The highest BCUT2D eigenvalue weighted by atomic mass is 16.5. The lowest BCUT2D eigenvalue weighted by molar-refractivity contribution is -0.120. The topological polar surface area (TPSA) is 68.2 Å². The third-order valence-electron chi connectivity index (χ3n) is 2.46. The van der Waals surface area contributed by atoms with Crippen LogP contribution in [0.1, 0.15) is 6.92 Å². The zero-order valence-electron chi connectivity index (χ0n) is 9.27.